The number of carbonyl (C=O) groups excluding carboxylic acids is 2. The van der Waals surface area contributed by atoms with Crippen LogP contribution >= 0.6 is 11.6 Å². The van der Waals surface area contributed by atoms with Crippen molar-refractivity contribution in [2.45, 2.75) is 32.5 Å². The molecule has 3 rings (SSSR count). The molecule has 0 saturated carbocycles. The second-order valence-corrected chi connectivity index (χ2v) is 7.49. The Labute approximate surface area is 191 Å². The van der Waals surface area contributed by atoms with Crippen molar-refractivity contribution in [2.75, 3.05) is 19.8 Å². The fourth-order valence-corrected chi connectivity index (χ4v) is 3.38. The number of rotatable bonds is 9. The molecule has 8 nitrogen and oxygen atoms in total. The predicted molar refractivity (Wildman–Crippen MR) is 121 cm³/mol. The molecular weight excluding hydrogens is 434 g/mol. The summed E-state index contributed by atoms with van der Waals surface area (Å²) < 4.78 is 16.9. The van der Waals surface area contributed by atoms with Crippen LogP contribution in [0, 0.1) is 0 Å². The van der Waals surface area contributed by atoms with Crippen LogP contribution < -0.4 is 20.2 Å². The lowest BCUT2D eigenvalue weighted by Gasteiger charge is -2.14. The zero-order valence-corrected chi connectivity index (χ0v) is 18.6. The van der Waals surface area contributed by atoms with E-state index in [-0.39, 0.29) is 6.10 Å². The van der Waals surface area contributed by atoms with Gasteiger partial charge in [-0.1, -0.05) is 41.9 Å². The molecule has 1 fully saturated rings. The fourth-order valence-electron chi connectivity index (χ4n) is 3.10. The number of benzene rings is 2. The maximum atomic E-state index is 11.9. The van der Waals surface area contributed by atoms with Crippen LogP contribution in [-0.4, -0.2) is 43.9 Å². The zero-order valence-electron chi connectivity index (χ0n) is 17.8. The quantitative estimate of drug-likeness (QED) is 0.341. The van der Waals surface area contributed by atoms with Gasteiger partial charge >= 0.3 is 11.8 Å². The van der Waals surface area contributed by atoms with E-state index in [1.807, 2.05) is 37.3 Å². The normalized spacial score (nSPS) is 15.5. The van der Waals surface area contributed by atoms with Gasteiger partial charge in [-0.05, 0) is 43.0 Å². The van der Waals surface area contributed by atoms with Crippen LogP contribution in [0.15, 0.2) is 47.6 Å². The molecule has 1 atom stereocenters. The molecule has 1 aliphatic rings. The van der Waals surface area contributed by atoms with Gasteiger partial charge in [-0.3, -0.25) is 9.59 Å². The first-order chi connectivity index (χ1) is 15.6. The molecule has 0 aliphatic carbocycles. The van der Waals surface area contributed by atoms with E-state index in [4.69, 9.17) is 25.8 Å². The van der Waals surface area contributed by atoms with Crippen molar-refractivity contribution in [3.8, 4) is 11.5 Å². The highest BCUT2D eigenvalue weighted by molar-refractivity contribution is 6.35. The lowest BCUT2D eigenvalue weighted by Crippen LogP contribution is -2.41. The summed E-state index contributed by atoms with van der Waals surface area (Å²) >= 11 is 6.40. The maximum Gasteiger partial charge on any atom is 0.329 e. The smallest absolute Gasteiger partial charge is 0.329 e. The molecule has 9 heteroatoms. The number of hydrazone groups is 1. The van der Waals surface area contributed by atoms with Crippen LogP contribution in [0.2, 0.25) is 5.02 Å². The Morgan fingerprint density at radius 2 is 2.03 bits per heavy atom. The molecule has 2 aromatic rings. The molecule has 2 amide bonds. The number of hydrogen-bond donors (Lipinski definition) is 2. The highest BCUT2D eigenvalue weighted by Crippen LogP contribution is 2.36. The third-order valence-corrected chi connectivity index (χ3v) is 4.94. The highest BCUT2D eigenvalue weighted by Gasteiger charge is 2.19. The summed E-state index contributed by atoms with van der Waals surface area (Å²) in [6.07, 6.45) is 3.16. The van der Waals surface area contributed by atoms with Gasteiger partial charge in [0.05, 0.1) is 23.9 Å². The number of halogens is 1. The summed E-state index contributed by atoms with van der Waals surface area (Å²) in [5.74, 6) is -0.751. The Kier molecular flexibility index (Phi) is 8.89. The molecule has 0 aromatic heterocycles. The summed E-state index contributed by atoms with van der Waals surface area (Å²) in [4.78, 5) is 23.8. The van der Waals surface area contributed by atoms with Gasteiger partial charge in [-0.15, -0.1) is 0 Å². The summed E-state index contributed by atoms with van der Waals surface area (Å²) in [6.45, 7) is 3.59. The van der Waals surface area contributed by atoms with Crippen LogP contribution in [0.3, 0.4) is 0 Å². The predicted octanol–water partition coefficient (Wildman–Crippen LogP) is 3.06. The van der Waals surface area contributed by atoms with E-state index in [0.717, 1.165) is 18.4 Å². The summed E-state index contributed by atoms with van der Waals surface area (Å²) in [7, 11) is 0. The van der Waals surface area contributed by atoms with Gasteiger partial charge in [0.1, 0.15) is 6.61 Å². The largest absolute Gasteiger partial charge is 0.490 e. The number of ether oxygens (including phenoxy) is 3. The standard InChI is InChI=1S/C23H26ClN3O5/c1-2-30-20-12-17(11-19(24)21(20)32-15-16-7-4-3-5-8-16)13-26-27-23(29)22(28)25-14-18-9-6-10-31-18/h3-5,7-8,11-13,18H,2,6,9-10,14-15H2,1H3,(H,25,28)(H,27,29)/b26-13-/t18-/m1/s1. The fraction of sp³-hybridized carbons (Fsp3) is 0.348. The molecule has 1 heterocycles. The van der Waals surface area contributed by atoms with Crippen LogP contribution in [0.4, 0.5) is 0 Å². The minimum absolute atomic E-state index is 0.0444. The Morgan fingerprint density at radius 3 is 2.75 bits per heavy atom. The number of carbonyl (C=O) groups is 2. The monoisotopic (exact) mass is 459 g/mol. The Hall–Kier alpha value is -3.10. The molecule has 0 unspecified atom stereocenters. The van der Waals surface area contributed by atoms with Crippen molar-refractivity contribution in [3.63, 3.8) is 0 Å². The van der Waals surface area contributed by atoms with Crippen LogP contribution in [0.5, 0.6) is 11.5 Å². The number of nitrogens with zero attached hydrogens (tertiary/aromatic N) is 1. The van der Waals surface area contributed by atoms with Crippen molar-refractivity contribution < 1.29 is 23.8 Å². The molecule has 32 heavy (non-hydrogen) atoms. The van der Waals surface area contributed by atoms with E-state index in [9.17, 15) is 9.59 Å². The molecule has 2 aromatic carbocycles. The van der Waals surface area contributed by atoms with Gasteiger partial charge < -0.3 is 19.5 Å². The van der Waals surface area contributed by atoms with Crippen molar-refractivity contribution in [1.82, 2.24) is 10.7 Å². The average Bonchev–Trinajstić information content (AvgIpc) is 3.31. The Bertz CT molecular complexity index is 946. The van der Waals surface area contributed by atoms with E-state index in [1.165, 1.54) is 6.21 Å². The van der Waals surface area contributed by atoms with Gasteiger partial charge in [0.25, 0.3) is 0 Å². The number of hydrogen-bond acceptors (Lipinski definition) is 6. The highest BCUT2D eigenvalue weighted by atomic mass is 35.5. The van der Waals surface area contributed by atoms with Crippen molar-refractivity contribution in [1.29, 1.82) is 0 Å². The van der Waals surface area contributed by atoms with Crippen LogP contribution in [0.25, 0.3) is 0 Å². The third kappa shape index (κ3) is 6.96. The summed E-state index contributed by atoms with van der Waals surface area (Å²) in [5.41, 5.74) is 3.77. The molecule has 1 saturated heterocycles. The molecule has 170 valence electrons. The van der Waals surface area contributed by atoms with E-state index < -0.39 is 11.8 Å². The topological polar surface area (TPSA) is 98.2 Å². The van der Waals surface area contributed by atoms with Crippen molar-refractivity contribution in [3.05, 3.63) is 58.6 Å². The van der Waals surface area contributed by atoms with E-state index in [0.29, 0.717) is 48.5 Å². The van der Waals surface area contributed by atoms with Gasteiger partial charge in [0, 0.05) is 13.2 Å². The molecule has 0 radical (unpaired) electrons. The first-order valence-corrected chi connectivity index (χ1v) is 10.8. The van der Waals surface area contributed by atoms with E-state index in [1.54, 1.807) is 12.1 Å². The third-order valence-electron chi connectivity index (χ3n) is 4.66. The SMILES string of the molecule is CCOc1cc(/C=N\NC(=O)C(=O)NC[C@H]2CCCO2)cc(Cl)c1OCc1ccccc1. The number of nitrogens with one attached hydrogen (secondary N) is 2. The molecule has 0 bridgehead atoms. The lowest BCUT2D eigenvalue weighted by atomic mass is 10.2. The molecule has 0 spiro atoms. The molecule has 2 N–H and O–H groups in total. The van der Waals surface area contributed by atoms with Gasteiger partial charge in [-0.25, -0.2) is 5.43 Å². The second kappa shape index (κ2) is 12.1. The van der Waals surface area contributed by atoms with Crippen molar-refractivity contribution in [2.24, 2.45) is 5.10 Å². The Balaban J connectivity index is 1.58. The minimum Gasteiger partial charge on any atom is -0.490 e. The average molecular weight is 460 g/mol. The molecule has 1 aliphatic heterocycles. The molecular formula is C23H26ClN3O5. The second-order valence-electron chi connectivity index (χ2n) is 7.08. The number of amides is 2. The minimum atomic E-state index is -0.863. The zero-order chi connectivity index (χ0) is 22.8. The first-order valence-electron chi connectivity index (χ1n) is 10.4. The van der Waals surface area contributed by atoms with Crippen LogP contribution in [-0.2, 0) is 20.9 Å². The summed E-state index contributed by atoms with van der Waals surface area (Å²) in [6, 6.07) is 13.0. The van der Waals surface area contributed by atoms with Gasteiger partial charge in [0.15, 0.2) is 11.5 Å². The Morgan fingerprint density at radius 1 is 1.22 bits per heavy atom. The van der Waals surface area contributed by atoms with Gasteiger partial charge in [-0.2, -0.15) is 5.10 Å². The van der Waals surface area contributed by atoms with E-state index in [2.05, 4.69) is 15.8 Å². The maximum absolute atomic E-state index is 11.9. The van der Waals surface area contributed by atoms with Crippen LogP contribution in [0.1, 0.15) is 30.9 Å². The van der Waals surface area contributed by atoms with Gasteiger partial charge in [0.2, 0.25) is 0 Å². The van der Waals surface area contributed by atoms with E-state index >= 15 is 0 Å². The summed E-state index contributed by atoms with van der Waals surface area (Å²) in [5, 5.41) is 6.71. The van der Waals surface area contributed by atoms with Crippen molar-refractivity contribution >= 4 is 29.6 Å². The lowest BCUT2D eigenvalue weighted by molar-refractivity contribution is -0.139. The first kappa shape index (κ1) is 23.6.